The lowest BCUT2D eigenvalue weighted by Gasteiger charge is -2.20. The van der Waals surface area contributed by atoms with E-state index in [9.17, 15) is 4.79 Å². The molecular formula is C23H27N7O. The Kier molecular flexibility index (Phi) is 4.74. The molecule has 4 aromatic rings. The summed E-state index contributed by atoms with van der Waals surface area (Å²) in [6, 6.07) is 7.48. The van der Waals surface area contributed by atoms with E-state index in [1.807, 2.05) is 38.4 Å². The summed E-state index contributed by atoms with van der Waals surface area (Å²) in [5, 5.41) is 4.62. The summed E-state index contributed by atoms with van der Waals surface area (Å²) in [5.41, 5.74) is 5.55. The fourth-order valence-corrected chi connectivity index (χ4v) is 4.56. The topological polar surface area (TPSA) is 71.0 Å². The first-order chi connectivity index (χ1) is 14.9. The van der Waals surface area contributed by atoms with Crippen molar-refractivity contribution in [3.63, 3.8) is 0 Å². The van der Waals surface area contributed by atoms with Gasteiger partial charge in [0.25, 0.3) is 5.56 Å². The average Bonchev–Trinajstić information content (AvgIpc) is 3.34. The van der Waals surface area contributed by atoms with E-state index in [1.54, 1.807) is 15.0 Å². The summed E-state index contributed by atoms with van der Waals surface area (Å²) >= 11 is 0. The zero-order valence-corrected chi connectivity index (χ0v) is 18.4. The molecule has 5 rings (SSSR count). The van der Waals surface area contributed by atoms with Gasteiger partial charge in [0.2, 0.25) is 0 Å². The van der Waals surface area contributed by atoms with Crippen molar-refractivity contribution >= 4 is 16.9 Å². The molecule has 8 nitrogen and oxygen atoms in total. The predicted octanol–water partition coefficient (Wildman–Crippen LogP) is 2.41. The van der Waals surface area contributed by atoms with Gasteiger partial charge in [0.1, 0.15) is 11.3 Å². The van der Waals surface area contributed by atoms with Crippen LogP contribution in [0, 0.1) is 19.8 Å². The standard InChI is InChI=1S/C23H27N7O/c1-15-11-30-21(16(2)24-15)9-20(26-30)19-10-23(31)29-14-18(5-6-22(29)25-19)28-8-7-17(13-28)12-27(3)4/h5-6,9-11,14,17H,7-8,12-13H2,1-4H3/t17-/m1/s1. The number of anilines is 1. The number of aromatic nitrogens is 5. The van der Waals surface area contributed by atoms with Gasteiger partial charge in [0.05, 0.1) is 34.5 Å². The highest BCUT2D eigenvalue weighted by atomic mass is 16.1. The molecule has 1 aliphatic rings. The van der Waals surface area contributed by atoms with E-state index in [0.29, 0.717) is 23.0 Å². The number of hydrogen-bond donors (Lipinski definition) is 0. The quantitative estimate of drug-likeness (QED) is 0.508. The Labute approximate surface area is 180 Å². The van der Waals surface area contributed by atoms with Crippen molar-refractivity contribution in [2.45, 2.75) is 20.3 Å². The monoisotopic (exact) mass is 417 g/mol. The Morgan fingerprint density at radius 1 is 1.10 bits per heavy atom. The Morgan fingerprint density at radius 3 is 2.74 bits per heavy atom. The number of rotatable bonds is 4. The normalized spacial score (nSPS) is 16.8. The fourth-order valence-electron chi connectivity index (χ4n) is 4.56. The lowest BCUT2D eigenvalue weighted by molar-refractivity contribution is 0.340. The molecule has 1 fully saturated rings. The maximum atomic E-state index is 12.9. The number of hydrogen-bond acceptors (Lipinski definition) is 6. The van der Waals surface area contributed by atoms with E-state index in [0.717, 1.165) is 42.2 Å². The molecule has 5 heterocycles. The van der Waals surface area contributed by atoms with Crippen LogP contribution < -0.4 is 10.5 Å². The van der Waals surface area contributed by atoms with Crippen molar-refractivity contribution in [3.8, 4) is 11.4 Å². The zero-order valence-electron chi connectivity index (χ0n) is 18.4. The Morgan fingerprint density at radius 2 is 1.94 bits per heavy atom. The molecule has 1 saturated heterocycles. The molecule has 0 bridgehead atoms. The summed E-state index contributed by atoms with van der Waals surface area (Å²) in [5.74, 6) is 0.652. The minimum atomic E-state index is -0.103. The van der Waals surface area contributed by atoms with Crippen LogP contribution in [0.25, 0.3) is 22.6 Å². The lowest BCUT2D eigenvalue weighted by Crippen LogP contribution is -2.26. The number of fused-ring (bicyclic) bond motifs is 2. The van der Waals surface area contributed by atoms with Crippen LogP contribution in [0.4, 0.5) is 5.69 Å². The van der Waals surface area contributed by atoms with Crippen molar-refractivity contribution in [1.82, 2.24) is 28.9 Å². The highest BCUT2D eigenvalue weighted by Crippen LogP contribution is 2.25. The molecule has 1 aliphatic heterocycles. The lowest BCUT2D eigenvalue weighted by atomic mass is 10.1. The van der Waals surface area contributed by atoms with Gasteiger partial charge in [0.15, 0.2) is 0 Å². The molecule has 8 heteroatoms. The van der Waals surface area contributed by atoms with Crippen molar-refractivity contribution in [3.05, 3.63) is 58.4 Å². The summed E-state index contributed by atoms with van der Waals surface area (Å²) in [4.78, 5) is 26.7. The third kappa shape index (κ3) is 3.67. The minimum Gasteiger partial charge on any atom is -0.370 e. The molecule has 0 N–H and O–H groups in total. The first-order valence-electron chi connectivity index (χ1n) is 10.6. The molecule has 0 aromatic carbocycles. The van der Waals surface area contributed by atoms with Crippen LogP contribution in [0.1, 0.15) is 17.8 Å². The van der Waals surface area contributed by atoms with Gasteiger partial charge in [-0.25, -0.2) is 9.50 Å². The summed E-state index contributed by atoms with van der Waals surface area (Å²) in [6.45, 7) is 7.01. The van der Waals surface area contributed by atoms with Crippen molar-refractivity contribution in [1.29, 1.82) is 0 Å². The van der Waals surface area contributed by atoms with Gasteiger partial charge in [-0.05, 0) is 58.5 Å². The average molecular weight is 418 g/mol. The maximum absolute atomic E-state index is 12.9. The summed E-state index contributed by atoms with van der Waals surface area (Å²) in [7, 11) is 4.23. The third-order valence-electron chi connectivity index (χ3n) is 5.94. The fraction of sp³-hybridized carbons (Fsp3) is 0.391. The zero-order chi connectivity index (χ0) is 21.7. The second-order valence-electron chi connectivity index (χ2n) is 8.79. The SMILES string of the molecule is Cc1cn2nc(-c3cc(=O)n4cc(N5CC[C@H](CN(C)C)C5)ccc4n3)cc2c(C)n1. The molecule has 0 aliphatic carbocycles. The second-order valence-corrected chi connectivity index (χ2v) is 8.79. The molecular weight excluding hydrogens is 390 g/mol. The Hall–Kier alpha value is -3.26. The van der Waals surface area contributed by atoms with Crippen LogP contribution in [0.2, 0.25) is 0 Å². The number of pyridine rings is 1. The van der Waals surface area contributed by atoms with Gasteiger partial charge in [0, 0.05) is 31.9 Å². The van der Waals surface area contributed by atoms with Crippen LogP contribution in [0.5, 0.6) is 0 Å². The molecule has 1 atom stereocenters. The Bertz CT molecular complexity index is 1340. The first-order valence-corrected chi connectivity index (χ1v) is 10.6. The van der Waals surface area contributed by atoms with Crippen molar-refractivity contribution < 1.29 is 0 Å². The molecule has 160 valence electrons. The molecule has 0 radical (unpaired) electrons. The summed E-state index contributed by atoms with van der Waals surface area (Å²) in [6.07, 6.45) is 4.96. The van der Waals surface area contributed by atoms with Crippen LogP contribution in [-0.4, -0.2) is 62.6 Å². The van der Waals surface area contributed by atoms with E-state index < -0.39 is 0 Å². The second kappa shape index (κ2) is 7.46. The van der Waals surface area contributed by atoms with E-state index in [1.165, 1.54) is 6.42 Å². The molecule has 0 amide bonds. The molecule has 31 heavy (non-hydrogen) atoms. The predicted molar refractivity (Wildman–Crippen MR) is 122 cm³/mol. The minimum absolute atomic E-state index is 0.103. The van der Waals surface area contributed by atoms with Crippen molar-refractivity contribution in [2.24, 2.45) is 5.92 Å². The molecule has 0 saturated carbocycles. The van der Waals surface area contributed by atoms with Crippen LogP contribution in [0.15, 0.2) is 41.5 Å². The molecule has 4 aromatic heterocycles. The molecule has 0 spiro atoms. The van der Waals surface area contributed by atoms with E-state index in [2.05, 4.69) is 40.0 Å². The summed E-state index contributed by atoms with van der Waals surface area (Å²) < 4.78 is 3.43. The van der Waals surface area contributed by atoms with Gasteiger partial charge in [-0.15, -0.1) is 0 Å². The van der Waals surface area contributed by atoms with Gasteiger partial charge >= 0.3 is 0 Å². The number of aryl methyl sites for hydroxylation is 2. The highest BCUT2D eigenvalue weighted by molar-refractivity contribution is 5.66. The van der Waals surface area contributed by atoms with Gasteiger partial charge in [-0.1, -0.05) is 0 Å². The van der Waals surface area contributed by atoms with Gasteiger partial charge < -0.3 is 9.80 Å². The maximum Gasteiger partial charge on any atom is 0.258 e. The van der Waals surface area contributed by atoms with Gasteiger partial charge in [-0.2, -0.15) is 5.10 Å². The van der Waals surface area contributed by atoms with Crippen LogP contribution in [-0.2, 0) is 0 Å². The largest absolute Gasteiger partial charge is 0.370 e. The van der Waals surface area contributed by atoms with E-state index in [4.69, 9.17) is 4.98 Å². The van der Waals surface area contributed by atoms with Crippen LogP contribution in [0.3, 0.4) is 0 Å². The van der Waals surface area contributed by atoms with Crippen LogP contribution >= 0.6 is 0 Å². The Balaban J connectivity index is 1.49. The number of nitrogens with zero attached hydrogens (tertiary/aromatic N) is 7. The first kappa shape index (κ1) is 19.7. The third-order valence-corrected chi connectivity index (χ3v) is 5.94. The van der Waals surface area contributed by atoms with Crippen molar-refractivity contribution in [2.75, 3.05) is 38.6 Å². The molecule has 0 unspecified atom stereocenters. The highest BCUT2D eigenvalue weighted by Gasteiger charge is 2.23. The smallest absolute Gasteiger partial charge is 0.258 e. The van der Waals surface area contributed by atoms with Gasteiger partial charge in [-0.3, -0.25) is 14.2 Å². The van der Waals surface area contributed by atoms with E-state index in [-0.39, 0.29) is 5.56 Å². The van der Waals surface area contributed by atoms with E-state index >= 15 is 0 Å².